The SMILES string of the molecule is COC(=O)c1c(NC(=O)Nc2cccc(Cl)c2)sc2c1C(C(=O)OC)CC2. The van der Waals surface area contributed by atoms with Crippen LogP contribution in [0.3, 0.4) is 0 Å². The van der Waals surface area contributed by atoms with Crippen molar-refractivity contribution in [2.75, 3.05) is 24.9 Å². The van der Waals surface area contributed by atoms with Gasteiger partial charge in [0.15, 0.2) is 0 Å². The first-order valence-electron chi connectivity index (χ1n) is 8.09. The highest BCUT2D eigenvalue weighted by molar-refractivity contribution is 7.17. The van der Waals surface area contributed by atoms with E-state index < -0.39 is 23.9 Å². The first-order chi connectivity index (χ1) is 12.9. The second-order valence-electron chi connectivity index (χ2n) is 5.84. The number of esters is 2. The zero-order valence-electron chi connectivity index (χ0n) is 14.6. The Morgan fingerprint density at radius 3 is 2.63 bits per heavy atom. The number of methoxy groups -OCH3 is 2. The molecule has 0 aliphatic heterocycles. The molecule has 0 radical (unpaired) electrons. The van der Waals surface area contributed by atoms with Gasteiger partial charge < -0.3 is 14.8 Å². The number of aryl methyl sites for hydroxylation is 1. The van der Waals surface area contributed by atoms with Gasteiger partial charge in [0.05, 0.1) is 25.7 Å². The van der Waals surface area contributed by atoms with Crippen molar-refractivity contribution in [1.82, 2.24) is 0 Å². The lowest BCUT2D eigenvalue weighted by Crippen LogP contribution is -2.21. The molecule has 0 saturated carbocycles. The number of carbonyl (C=O) groups excluding carboxylic acids is 3. The second-order valence-corrected chi connectivity index (χ2v) is 7.38. The van der Waals surface area contributed by atoms with Gasteiger partial charge >= 0.3 is 18.0 Å². The van der Waals surface area contributed by atoms with Gasteiger partial charge in [-0.1, -0.05) is 17.7 Å². The molecule has 2 aromatic rings. The predicted molar refractivity (Wildman–Crippen MR) is 103 cm³/mol. The Bertz CT molecular complexity index is 911. The molecule has 0 fully saturated rings. The third-order valence-electron chi connectivity index (χ3n) is 4.22. The number of hydrogen-bond donors (Lipinski definition) is 2. The van der Waals surface area contributed by atoms with Crippen molar-refractivity contribution in [2.45, 2.75) is 18.8 Å². The number of hydrogen-bond acceptors (Lipinski definition) is 6. The van der Waals surface area contributed by atoms with Crippen LogP contribution in [0.4, 0.5) is 15.5 Å². The summed E-state index contributed by atoms with van der Waals surface area (Å²) in [7, 11) is 2.56. The van der Waals surface area contributed by atoms with Crippen LogP contribution in [0.2, 0.25) is 5.02 Å². The van der Waals surface area contributed by atoms with Crippen LogP contribution < -0.4 is 10.6 Å². The number of thiophene rings is 1. The molecule has 142 valence electrons. The Hall–Kier alpha value is -2.58. The molecule has 1 aliphatic carbocycles. The van der Waals surface area contributed by atoms with Crippen LogP contribution in [0.5, 0.6) is 0 Å². The summed E-state index contributed by atoms with van der Waals surface area (Å²) in [4.78, 5) is 37.6. The number of nitrogens with one attached hydrogen (secondary N) is 2. The van der Waals surface area contributed by atoms with Crippen LogP contribution >= 0.6 is 22.9 Å². The maximum atomic E-state index is 12.4. The molecule has 7 nitrogen and oxygen atoms in total. The van der Waals surface area contributed by atoms with E-state index in [1.54, 1.807) is 24.3 Å². The fourth-order valence-corrected chi connectivity index (χ4v) is 4.52. The van der Waals surface area contributed by atoms with Gasteiger partial charge in [0.2, 0.25) is 0 Å². The number of anilines is 2. The van der Waals surface area contributed by atoms with E-state index in [-0.39, 0.29) is 5.56 Å². The number of ether oxygens (including phenoxy) is 2. The normalized spacial score (nSPS) is 15.0. The highest BCUT2D eigenvalue weighted by Gasteiger charge is 2.38. The summed E-state index contributed by atoms with van der Waals surface area (Å²) in [5, 5.41) is 6.15. The lowest BCUT2D eigenvalue weighted by atomic mass is 9.99. The summed E-state index contributed by atoms with van der Waals surface area (Å²) < 4.78 is 9.71. The smallest absolute Gasteiger partial charge is 0.341 e. The average Bonchev–Trinajstić information content (AvgIpc) is 3.19. The molecule has 1 aromatic heterocycles. The second kappa shape index (κ2) is 7.98. The van der Waals surface area contributed by atoms with E-state index >= 15 is 0 Å². The third kappa shape index (κ3) is 3.91. The minimum atomic E-state index is -0.610. The molecule has 0 spiro atoms. The number of benzene rings is 1. The molecule has 0 bridgehead atoms. The van der Waals surface area contributed by atoms with E-state index in [1.165, 1.54) is 25.6 Å². The molecule has 1 aliphatic rings. The summed E-state index contributed by atoms with van der Waals surface area (Å²) in [6, 6.07) is 6.16. The van der Waals surface area contributed by atoms with Crippen LogP contribution in [-0.4, -0.2) is 32.2 Å². The number of halogens is 1. The van der Waals surface area contributed by atoms with Gasteiger partial charge in [-0.2, -0.15) is 0 Å². The van der Waals surface area contributed by atoms with Crippen molar-refractivity contribution in [1.29, 1.82) is 0 Å². The Morgan fingerprint density at radius 2 is 1.96 bits per heavy atom. The van der Waals surface area contributed by atoms with E-state index in [9.17, 15) is 14.4 Å². The molecule has 1 unspecified atom stereocenters. The van der Waals surface area contributed by atoms with Gasteiger partial charge in [0.1, 0.15) is 5.00 Å². The zero-order chi connectivity index (χ0) is 19.6. The summed E-state index contributed by atoms with van der Waals surface area (Å²) in [5.74, 6) is -1.56. The zero-order valence-corrected chi connectivity index (χ0v) is 16.2. The molecule has 2 N–H and O–H groups in total. The number of amides is 2. The monoisotopic (exact) mass is 408 g/mol. The Kier molecular flexibility index (Phi) is 5.67. The molecular formula is C18H17ClN2O5S. The molecule has 1 heterocycles. The summed E-state index contributed by atoms with van der Waals surface area (Å²) >= 11 is 7.17. The molecule has 9 heteroatoms. The largest absolute Gasteiger partial charge is 0.469 e. The lowest BCUT2D eigenvalue weighted by Gasteiger charge is -2.12. The van der Waals surface area contributed by atoms with E-state index in [1.807, 2.05) is 0 Å². The Labute approximate surface area is 164 Å². The topological polar surface area (TPSA) is 93.7 Å². The number of carbonyl (C=O) groups is 3. The van der Waals surface area contributed by atoms with Gasteiger partial charge in [-0.3, -0.25) is 10.1 Å². The van der Waals surface area contributed by atoms with E-state index in [0.717, 1.165) is 4.88 Å². The molecule has 1 atom stereocenters. The van der Waals surface area contributed by atoms with Crippen molar-refractivity contribution in [2.24, 2.45) is 0 Å². The summed E-state index contributed by atoms with van der Waals surface area (Å²) in [6.07, 6.45) is 1.19. The quantitative estimate of drug-likeness (QED) is 0.745. The third-order valence-corrected chi connectivity index (χ3v) is 5.63. The minimum Gasteiger partial charge on any atom is -0.469 e. The van der Waals surface area contributed by atoms with Crippen molar-refractivity contribution in [3.05, 3.63) is 45.3 Å². The van der Waals surface area contributed by atoms with Gasteiger partial charge in [-0.25, -0.2) is 9.59 Å². The van der Waals surface area contributed by atoms with E-state index in [2.05, 4.69) is 10.6 Å². The average molecular weight is 409 g/mol. The number of urea groups is 1. The van der Waals surface area contributed by atoms with Crippen LogP contribution in [-0.2, 0) is 20.7 Å². The van der Waals surface area contributed by atoms with Gasteiger partial charge in [-0.05, 0) is 36.6 Å². The molecule has 2 amide bonds. The first-order valence-corrected chi connectivity index (χ1v) is 9.29. The van der Waals surface area contributed by atoms with Gasteiger partial charge in [0.25, 0.3) is 0 Å². The molecule has 1 aromatic carbocycles. The van der Waals surface area contributed by atoms with Crippen molar-refractivity contribution >= 4 is 51.6 Å². The van der Waals surface area contributed by atoms with Crippen LogP contribution in [0.15, 0.2) is 24.3 Å². The van der Waals surface area contributed by atoms with Gasteiger partial charge in [-0.15, -0.1) is 11.3 Å². The van der Waals surface area contributed by atoms with E-state index in [0.29, 0.717) is 34.1 Å². The standard InChI is InChI=1S/C18H17ClN2O5S/c1-25-16(22)11-6-7-12-13(11)14(17(23)26-2)15(27-12)21-18(24)20-10-5-3-4-9(19)8-10/h3-5,8,11H,6-7H2,1-2H3,(H2,20,21,24). The van der Waals surface area contributed by atoms with Gasteiger partial charge in [0, 0.05) is 15.6 Å². The molecular weight excluding hydrogens is 392 g/mol. The maximum Gasteiger partial charge on any atom is 0.341 e. The molecule has 3 rings (SSSR count). The Morgan fingerprint density at radius 1 is 1.19 bits per heavy atom. The van der Waals surface area contributed by atoms with E-state index in [4.69, 9.17) is 21.1 Å². The predicted octanol–water partition coefficient (Wildman–Crippen LogP) is 4.03. The maximum absolute atomic E-state index is 12.4. The number of fused-ring (bicyclic) bond motifs is 1. The number of rotatable bonds is 4. The molecule has 27 heavy (non-hydrogen) atoms. The molecule has 0 saturated heterocycles. The Balaban J connectivity index is 1.88. The highest BCUT2D eigenvalue weighted by atomic mass is 35.5. The van der Waals surface area contributed by atoms with Crippen molar-refractivity contribution in [3.63, 3.8) is 0 Å². The van der Waals surface area contributed by atoms with Crippen LogP contribution in [0.25, 0.3) is 0 Å². The lowest BCUT2D eigenvalue weighted by molar-refractivity contribution is -0.142. The van der Waals surface area contributed by atoms with Crippen molar-refractivity contribution < 1.29 is 23.9 Å². The van der Waals surface area contributed by atoms with Crippen molar-refractivity contribution in [3.8, 4) is 0 Å². The summed E-state index contributed by atoms with van der Waals surface area (Å²) in [6.45, 7) is 0. The van der Waals surface area contributed by atoms with Crippen LogP contribution in [0.1, 0.15) is 33.1 Å². The first kappa shape index (κ1) is 19.2. The van der Waals surface area contributed by atoms with Crippen LogP contribution in [0, 0.1) is 0 Å². The summed E-state index contributed by atoms with van der Waals surface area (Å²) in [5.41, 5.74) is 1.29. The fraction of sp³-hybridized carbons (Fsp3) is 0.278. The minimum absolute atomic E-state index is 0.201. The fourth-order valence-electron chi connectivity index (χ4n) is 3.07. The highest BCUT2D eigenvalue weighted by Crippen LogP contribution is 2.45.